The first kappa shape index (κ1) is 23.5. The molecule has 1 aliphatic rings. The third-order valence-electron chi connectivity index (χ3n) is 5.10. The smallest absolute Gasteiger partial charge is 0.287 e. The van der Waals surface area contributed by atoms with Crippen LogP contribution in [-0.4, -0.2) is 49.6 Å². The highest BCUT2D eigenvalue weighted by Crippen LogP contribution is 2.21. The molecule has 2 heterocycles. The van der Waals surface area contributed by atoms with E-state index in [9.17, 15) is 22.8 Å². The zero-order valence-electron chi connectivity index (χ0n) is 17.8. The van der Waals surface area contributed by atoms with Crippen molar-refractivity contribution in [3.63, 3.8) is 0 Å². The van der Waals surface area contributed by atoms with Gasteiger partial charge in [0.05, 0.1) is 11.2 Å². The number of nitrogens with zero attached hydrogens (tertiary/aromatic N) is 1. The molecule has 1 aromatic heterocycles. The van der Waals surface area contributed by atoms with Crippen molar-refractivity contribution in [3.8, 4) is 0 Å². The number of nitrogens with one attached hydrogen (secondary N) is 3. The minimum atomic E-state index is -3.57. The van der Waals surface area contributed by atoms with Gasteiger partial charge in [-0.15, -0.1) is 0 Å². The van der Waals surface area contributed by atoms with E-state index >= 15 is 0 Å². The molecule has 1 aliphatic heterocycles. The number of benzene rings is 1. The van der Waals surface area contributed by atoms with E-state index in [0.717, 1.165) is 12.8 Å². The van der Waals surface area contributed by atoms with Crippen molar-refractivity contribution in [3.05, 3.63) is 54.0 Å². The molecule has 1 atom stereocenters. The first-order valence-corrected chi connectivity index (χ1v) is 11.7. The molecule has 3 amide bonds. The molecule has 1 saturated heterocycles. The predicted molar refractivity (Wildman–Crippen MR) is 115 cm³/mol. The van der Waals surface area contributed by atoms with Crippen molar-refractivity contribution in [2.24, 2.45) is 5.92 Å². The van der Waals surface area contributed by atoms with Gasteiger partial charge < -0.3 is 9.73 Å². The van der Waals surface area contributed by atoms with Crippen LogP contribution in [0, 0.1) is 5.92 Å². The zero-order chi connectivity index (χ0) is 23.3. The van der Waals surface area contributed by atoms with Crippen molar-refractivity contribution in [2.75, 3.05) is 13.1 Å². The van der Waals surface area contributed by atoms with Crippen LogP contribution in [0.25, 0.3) is 0 Å². The highest BCUT2D eigenvalue weighted by Gasteiger charge is 2.28. The molecule has 3 N–H and O–H groups in total. The van der Waals surface area contributed by atoms with Crippen LogP contribution in [0.1, 0.15) is 47.6 Å². The van der Waals surface area contributed by atoms with Crippen molar-refractivity contribution in [1.82, 2.24) is 20.5 Å². The molecule has 2 aromatic rings. The lowest BCUT2D eigenvalue weighted by atomic mass is 10.0. The molecule has 0 aliphatic carbocycles. The lowest BCUT2D eigenvalue weighted by molar-refractivity contribution is -0.124. The number of carbonyl (C=O) groups is 3. The highest BCUT2D eigenvalue weighted by atomic mass is 32.2. The number of carbonyl (C=O) groups excluding carboxylic acids is 3. The largest absolute Gasteiger partial charge is 0.459 e. The molecule has 0 spiro atoms. The first-order chi connectivity index (χ1) is 15.2. The Labute approximate surface area is 186 Å². The summed E-state index contributed by atoms with van der Waals surface area (Å²) >= 11 is 0. The van der Waals surface area contributed by atoms with Gasteiger partial charge in [0.25, 0.3) is 17.7 Å². The maximum Gasteiger partial charge on any atom is 0.287 e. The Hall–Kier alpha value is -3.18. The van der Waals surface area contributed by atoms with Crippen LogP contribution in [0.3, 0.4) is 0 Å². The quantitative estimate of drug-likeness (QED) is 0.530. The van der Waals surface area contributed by atoms with E-state index in [0.29, 0.717) is 13.1 Å². The third kappa shape index (κ3) is 5.35. The lowest BCUT2D eigenvalue weighted by Gasteiger charge is -2.21. The Morgan fingerprint density at radius 3 is 2.19 bits per heavy atom. The molecule has 172 valence electrons. The molecule has 0 saturated carbocycles. The number of rotatable bonds is 7. The second-order valence-electron chi connectivity index (χ2n) is 7.75. The second-order valence-corrected chi connectivity index (χ2v) is 9.69. The van der Waals surface area contributed by atoms with E-state index in [1.807, 2.05) is 0 Å². The van der Waals surface area contributed by atoms with E-state index in [1.54, 1.807) is 19.9 Å². The molecule has 3 rings (SSSR count). The second kappa shape index (κ2) is 9.96. The fourth-order valence-electron chi connectivity index (χ4n) is 3.28. The Bertz CT molecular complexity index is 1060. The van der Waals surface area contributed by atoms with Gasteiger partial charge in [-0.2, -0.15) is 4.31 Å². The molecule has 0 unspecified atom stereocenters. The fourth-order valence-corrected chi connectivity index (χ4v) is 4.80. The van der Waals surface area contributed by atoms with Gasteiger partial charge in [0, 0.05) is 18.7 Å². The van der Waals surface area contributed by atoms with E-state index < -0.39 is 33.8 Å². The maximum atomic E-state index is 12.6. The van der Waals surface area contributed by atoms with Crippen LogP contribution in [0.4, 0.5) is 0 Å². The average Bonchev–Trinajstić information content (AvgIpc) is 3.50. The molecule has 11 heteroatoms. The summed E-state index contributed by atoms with van der Waals surface area (Å²) in [5.74, 6) is -1.98. The van der Waals surface area contributed by atoms with Gasteiger partial charge in [-0.3, -0.25) is 25.2 Å². The van der Waals surface area contributed by atoms with Gasteiger partial charge in [-0.25, -0.2) is 8.42 Å². The van der Waals surface area contributed by atoms with Crippen molar-refractivity contribution in [2.45, 2.75) is 37.6 Å². The molecule has 10 nitrogen and oxygen atoms in total. The number of hydrogen-bond donors (Lipinski definition) is 3. The van der Waals surface area contributed by atoms with Gasteiger partial charge in [0.2, 0.25) is 10.0 Å². The van der Waals surface area contributed by atoms with E-state index in [4.69, 9.17) is 4.42 Å². The summed E-state index contributed by atoms with van der Waals surface area (Å²) in [5, 5.41) is 2.57. The summed E-state index contributed by atoms with van der Waals surface area (Å²) < 4.78 is 31.6. The highest BCUT2D eigenvalue weighted by molar-refractivity contribution is 7.89. The van der Waals surface area contributed by atoms with Gasteiger partial charge in [0.1, 0.15) is 6.04 Å². The number of sulfonamides is 1. The van der Waals surface area contributed by atoms with E-state index in [1.165, 1.54) is 40.9 Å². The van der Waals surface area contributed by atoms with E-state index in [2.05, 4.69) is 16.2 Å². The average molecular weight is 463 g/mol. The molecular formula is C21H26N4O6S. The van der Waals surface area contributed by atoms with Crippen molar-refractivity contribution >= 4 is 27.7 Å². The summed E-state index contributed by atoms with van der Waals surface area (Å²) in [6.45, 7) is 4.47. The monoisotopic (exact) mass is 462 g/mol. The van der Waals surface area contributed by atoms with Crippen LogP contribution in [-0.2, 0) is 14.8 Å². The van der Waals surface area contributed by atoms with Crippen LogP contribution < -0.4 is 16.2 Å². The molecule has 0 bridgehead atoms. The Morgan fingerprint density at radius 1 is 0.969 bits per heavy atom. The van der Waals surface area contributed by atoms with Crippen LogP contribution in [0.15, 0.2) is 52.0 Å². The minimum Gasteiger partial charge on any atom is -0.459 e. The minimum absolute atomic E-state index is 0.0662. The van der Waals surface area contributed by atoms with Crippen LogP contribution >= 0.6 is 0 Å². The number of furan rings is 1. The Morgan fingerprint density at radius 2 is 1.62 bits per heavy atom. The van der Waals surface area contributed by atoms with Gasteiger partial charge >= 0.3 is 0 Å². The van der Waals surface area contributed by atoms with Gasteiger partial charge in [-0.1, -0.05) is 13.8 Å². The van der Waals surface area contributed by atoms with Gasteiger partial charge in [-0.05, 0) is 55.2 Å². The fraction of sp³-hybridized carbons (Fsp3) is 0.381. The summed E-state index contributed by atoms with van der Waals surface area (Å²) in [6.07, 6.45) is 3.01. The molecule has 1 aromatic carbocycles. The molecule has 0 radical (unpaired) electrons. The third-order valence-corrected chi connectivity index (χ3v) is 7.01. The van der Waals surface area contributed by atoms with Crippen molar-refractivity contribution in [1.29, 1.82) is 0 Å². The number of hydrogen-bond acceptors (Lipinski definition) is 6. The topological polar surface area (TPSA) is 138 Å². The standard InChI is InChI=1S/C21H26N4O6S/c1-14(2)18(22-20(27)17-6-5-13-31-17)21(28)24-23-19(26)15-7-9-16(10-8-15)32(29,30)25-11-3-4-12-25/h5-10,13-14,18H,3-4,11-12H2,1-2H3,(H,22,27)(H,23,26)(H,24,28)/t18-/m0/s1. The summed E-state index contributed by atoms with van der Waals surface area (Å²) in [6, 6.07) is 7.60. The molecule has 32 heavy (non-hydrogen) atoms. The summed E-state index contributed by atoms with van der Waals surface area (Å²) in [7, 11) is -3.57. The predicted octanol–water partition coefficient (Wildman–Crippen LogP) is 1.28. The Kier molecular flexibility index (Phi) is 7.31. The Balaban J connectivity index is 1.59. The molecular weight excluding hydrogens is 436 g/mol. The van der Waals surface area contributed by atoms with Crippen molar-refractivity contribution < 1.29 is 27.2 Å². The molecule has 1 fully saturated rings. The lowest BCUT2D eigenvalue weighted by Crippen LogP contribution is -2.54. The zero-order valence-corrected chi connectivity index (χ0v) is 18.6. The van der Waals surface area contributed by atoms with Crippen LogP contribution in [0.5, 0.6) is 0 Å². The van der Waals surface area contributed by atoms with Crippen LogP contribution in [0.2, 0.25) is 0 Å². The number of amides is 3. The normalized spacial score (nSPS) is 15.3. The SMILES string of the molecule is CC(C)[C@H](NC(=O)c1ccco1)C(=O)NNC(=O)c1ccc(S(=O)(=O)N2CCCC2)cc1. The maximum absolute atomic E-state index is 12.6. The number of hydrazine groups is 1. The first-order valence-electron chi connectivity index (χ1n) is 10.2. The summed E-state index contributed by atoms with van der Waals surface area (Å²) in [5.41, 5.74) is 4.75. The van der Waals surface area contributed by atoms with Gasteiger partial charge in [0.15, 0.2) is 5.76 Å². The van der Waals surface area contributed by atoms with E-state index in [-0.39, 0.29) is 22.1 Å². The summed E-state index contributed by atoms with van der Waals surface area (Å²) in [4.78, 5) is 37.2.